The first-order chi connectivity index (χ1) is 15.0. The molecule has 0 bridgehead atoms. The molecule has 9 heteroatoms. The van der Waals surface area contributed by atoms with Crippen LogP contribution in [0.3, 0.4) is 0 Å². The van der Waals surface area contributed by atoms with Crippen LogP contribution in [0.1, 0.15) is 30.0 Å². The van der Waals surface area contributed by atoms with Crippen LogP contribution in [-0.2, 0) is 37.6 Å². The number of halogens is 3. The number of esters is 1. The monoisotopic (exact) mass is 467 g/mol. The summed E-state index contributed by atoms with van der Waals surface area (Å²) in [7, 11) is -3.96. The average Bonchev–Trinajstić information content (AvgIpc) is 3.41. The molecule has 0 saturated heterocycles. The summed E-state index contributed by atoms with van der Waals surface area (Å²) in [6, 6.07) is 13.4. The molecule has 2 aromatic carbocycles. The van der Waals surface area contributed by atoms with Crippen LogP contribution in [0, 0.1) is 0 Å². The Kier molecular flexibility index (Phi) is 6.70. The first kappa shape index (κ1) is 24.2. The van der Waals surface area contributed by atoms with Gasteiger partial charge in [0.2, 0.25) is 7.37 Å². The lowest BCUT2D eigenvalue weighted by Gasteiger charge is -2.29. The molecule has 0 radical (unpaired) electrons. The van der Waals surface area contributed by atoms with Crippen molar-refractivity contribution in [3.8, 4) is 0 Å². The number of carbonyl (C=O) groups excluding carboxylic acids is 1. The fourth-order valence-electron chi connectivity index (χ4n) is 3.89. The maximum atomic E-state index is 14.1. The van der Waals surface area contributed by atoms with Gasteiger partial charge in [0, 0.05) is 0 Å². The molecule has 0 amide bonds. The topological polar surface area (TPSA) is 78.6 Å². The number of benzene rings is 2. The molecule has 1 fully saturated rings. The van der Waals surface area contributed by atoms with Crippen LogP contribution in [0.15, 0.2) is 67.3 Å². The van der Waals surface area contributed by atoms with E-state index in [0.717, 1.165) is 17.7 Å². The number of nitrogens with two attached hydrogens (primary N) is 1. The van der Waals surface area contributed by atoms with E-state index in [1.807, 2.05) is 6.07 Å². The standard InChI is InChI=1S/C23H25F3NO4P/c1-3-21(27)16-22(21,20(28)30-14-17-9-6-5-7-10-17)32(29,31-4-2)15-18-11-8-12-19(13-18)23(24,25)26/h3,5-13H,1,4,14-16,27H2,2H3. The van der Waals surface area contributed by atoms with Crippen LogP contribution in [0.4, 0.5) is 13.2 Å². The van der Waals surface area contributed by atoms with E-state index in [0.29, 0.717) is 0 Å². The van der Waals surface area contributed by atoms with Crippen LogP contribution in [0.25, 0.3) is 0 Å². The van der Waals surface area contributed by atoms with Gasteiger partial charge >= 0.3 is 12.1 Å². The lowest BCUT2D eigenvalue weighted by Crippen LogP contribution is -2.41. The van der Waals surface area contributed by atoms with E-state index in [2.05, 4.69) is 6.58 Å². The fourth-order valence-corrected chi connectivity index (χ4v) is 7.13. The third kappa shape index (κ3) is 4.40. The van der Waals surface area contributed by atoms with Gasteiger partial charge in [-0.2, -0.15) is 13.2 Å². The normalized spacial score (nSPS) is 24.4. The van der Waals surface area contributed by atoms with E-state index >= 15 is 0 Å². The maximum absolute atomic E-state index is 14.1. The van der Waals surface area contributed by atoms with Gasteiger partial charge in [-0.3, -0.25) is 9.36 Å². The predicted molar refractivity (Wildman–Crippen MR) is 115 cm³/mol. The van der Waals surface area contributed by atoms with Crippen molar-refractivity contribution in [2.75, 3.05) is 6.61 Å². The molecule has 2 N–H and O–H groups in total. The lowest BCUT2D eigenvalue weighted by atomic mass is 10.1. The van der Waals surface area contributed by atoms with E-state index in [1.54, 1.807) is 31.2 Å². The van der Waals surface area contributed by atoms with E-state index < -0.39 is 41.9 Å². The zero-order valence-corrected chi connectivity index (χ0v) is 18.5. The molecule has 1 aliphatic carbocycles. The van der Waals surface area contributed by atoms with Crippen LogP contribution in [0.2, 0.25) is 0 Å². The Morgan fingerprint density at radius 1 is 1.19 bits per heavy atom. The summed E-state index contributed by atoms with van der Waals surface area (Å²) >= 11 is 0. The molecule has 172 valence electrons. The predicted octanol–water partition coefficient (Wildman–Crippen LogP) is 5.29. The molecule has 1 aliphatic rings. The Balaban J connectivity index is 1.95. The van der Waals surface area contributed by atoms with Gasteiger partial charge in [-0.25, -0.2) is 0 Å². The van der Waals surface area contributed by atoms with Crippen molar-refractivity contribution in [1.82, 2.24) is 0 Å². The SMILES string of the molecule is C=CC1(N)CC1(C(=O)OCc1ccccc1)P(=O)(Cc1cccc(C(F)(F)F)c1)OCC. The molecule has 0 aromatic heterocycles. The second-order valence-corrected chi connectivity index (χ2v) is 10.5. The number of ether oxygens (including phenoxy) is 1. The summed E-state index contributed by atoms with van der Waals surface area (Å²) in [6.45, 7) is 5.17. The van der Waals surface area contributed by atoms with Crippen molar-refractivity contribution >= 4 is 13.3 Å². The van der Waals surface area contributed by atoms with E-state index in [4.69, 9.17) is 15.0 Å². The molecule has 32 heavy (non-hydrogen) atoms. The highest BCUT2D eigenvalue weighted by Gasteiger charge is 2.79. The minimum Gasteiger partial charge on any atom is -0.460 e. The third-order valence-electron chi connectivity index (χ3n) is 5.67. The van der Waals surface area contributed by atoms with Crippen molar-refractivity contribution < 1.29 is 31.8 Å². The summed E-state index contributed by atoms with van der Waals surface area (Å²) in [4.78, 5) is 13.2. The molecule has 0 heterocycles. The minimum atomic E-state index is -4.56. The highest BCUT2D eigenvalue weighted by Crippen LogP contribution is 2.76. The Labute approximate surface area is 184 Å². The molecule has 3 rings (SSSR count). The molecular formula is C23H25F3NO4P. The molecule has 2 aromatic rings. The second-order valence-electron chi connectivity index (χ2n) is 7.79. The van der Waals surface area contributed by atoms with E-state index in [-0.39, 0.29) is 25.2 Å². The molecule has 0 aliphatic heterocycles. The molecule has 3 unspecified atom stereocenters. The summed E-state index contributed by atoms with van der Waals surface area (Å²) in [5.74, 6) is -0.812. The van der Waals surface area contributed by atoms with Crippen molar-refractivity contribution in [3.63, 3.8) is 0 Å². The summed E-state index contributed by atoms with van der Waals surface area (Å²) in [6.07, 6.45) is -3.66. The smallest absolute Gasteiger partial charge is 0.416 e. The van der Waals surface area contributed by atoms with Crippen molar-refractivity contribution in [3.05, 3.63) is 83.9 Å². The maximum Gasteiger partial charge on any atom is 0.416 e. The molecule has 3 atom stereocenters. The average molecular weight is 467 g/mol. The van der Waals surface area contributed by atoms with E-state index in [1.165, 1.54) is 18.2 Å². The highest BCUT2D eigenvalue weighted by atomic mass is 31.2. The molecular weight excluding hydrogens is 442 g/mol. The van der Waals surface area contributed by atoms with Crippen molar-refractivity contribution in [2.45, 2.75) is 43.0 Å². The van der Waals surface area contributed by atoms with Gasteiger partial charge in [-0.05, 0) is 30.5 Å². The molecule has 1 saturated carbocycles. The van der Waals surface area contributed by atoms with Crippen molar-refractivity contribution in [2.24, 2.45) is 5.73 Å². The number of alkyl halides is 3. The van der Waals surface area contributed by atoms with Crippen LogP contribution in [-0.4, -0.2) is 23.3 Å². The second kappa shape index (κ2) is 8.85. The number of hydrogen-bond donors (Lipinski definition) is 1. The molecule has 0 spiro atoms. The van der Waals surface area contributed by atoms with Gasteiger partial charge in [0.1, 0.15) is 6.61 Å². The van der Waals surface area contributed by atoms with Crippen LogP contribution in [0.5, 0.6) is 0 Å². The number of rotatable bonds is 9. The van der Waals surface area contributed by atoms with Gasteiger partial charge in [0.05, 0.1) is 23.9 Å². The van der Waals surface area contributed by atoms with Crippen LogP contribution >= 0.6 is 7.37 Å². The highest BCUT2D eigenvalue weighted by molar-refractivity contribution is 7.61. The minimum absolute atomic E-state index is 0.0167. The fraction of sp³-hybridized carbons (Fsp3) is 0.348. The van der Waals surface area contributed by atoms with Gasteiger partial charge in [-0.15, -0.1) is 6.58 Å². The Morgan fingerprint density at radius 2 is 1.84 bits per heavy atom. The van der Waals surface area contributed by atoms with Gasteiger partial charge < -0.3 is 15.0 Å². The largest absolute Gasteiger partial charge is 0.460 e. The van der Waals surface area contributed by atoms with Gasteiger partial charge in [-0.1, -0.05) is 54.6 Å². The van der Waals surface area contributed by atoms with Crippen LogP contribution < -0.4 is 5.73 Å². The number of carbonyl (C=O) groups is 1. The lowest BCUT2D eigenvalue weighted by molar-refractivity contribution is -0.146. The van der Waals surface area contributed by atoms with Gasteiger partial charge in [0.25, 0.3) is 0 Å². The quantitative estimate of drug-likeness (QED) is 0.308. The number of hydrogen-bond acceptors (Lipinski definition) is 5. The van der Waals surface area contributed by atoms with Crippen molar-refractivity contribution in [1.29, 1.82) is 0 Å². The third-order valence-corrected chi connectivity index (χ3v) is 9.05. The zero-order chi connectivity index (χ0) is 23.6. The summed E-state index contributed by atoms with van der Waals surface area (Å²) in [5.41, 5.74) is 4.94. The Morgan fingerprint density at radius 3 is 2.41 bits per heavy atom. The first-order valence-electron chi connectivity index (χ1n) is 10.0. The Bertz CT molecular complexity index is 1040. The first-order valence-corrected chi connectivity index (χ1v) is 11.9. The zero-order valence-electron chi connectivity index (χ0n) is 17.6. The van der Waals surface area contributed by atoms with Gasteiger partial charge in [0.15, 0.2) is 5.16 Å². The van der Waals surface area contributed by atoms with E-state index in [9.17, 15) is 22.5 Å². The Hall–Kier alpha value is -2.41. The summed E-state index contributed by atoms with van der Waals surface area (Å²) < 4.78 is 64.7. The summed E-state index contributed by atoms with van der Waals surface area (Å²) in [5, 5.41) is -1.72. The molecule has 5 nitrogen and oxygen atoms in total.